The van der Waals surface area contributed by atoms with Crippen LogP contribution in [0.5, 0.6) is 0 Å². The number of hydrogen-bond acceptors (Lipinski definition) is 6. The number of anilines is 1. The van der Waals surface area contributed by atoms with Crippen molar-refractivity contribution in [3.63, 3.8) is 0 Å². The number of ether oxygens (including phenoxy) is 1. The van der Waals surface area contributed by atoms with Gasteiger partial charge in [0.25, 0.3) is 5.91 Å². The van der Waals surface area contributed by atoms with Crippen LogP contribution in [0.4, 0.5) is 5.69 Å². The van der Waals surface area contributed by atoms with Gasteiger partial charge in [-0.05, 0) is 63.1 Å². The van der Waals surface area contributed by atoms with Gasteiger partial charge in [0.1, 0.15) is 5.84 Å². The van der Waals surface area contributed by atoms with Crippen LogP contribution in [0.2, 0.25) is 0 Å². The number of piperidine rings is 1. The van der Waals surface area contributed by atoms with Gasteiger partial charge in [-0.25, -0.2) is 15.3 Å². The van der Waals surface area contributed by atoms with Crippen LogP contribution < -0.4 is 15.7 Å². The Hall–Kier alpha value is -2.68. The van der Waals surface area contributed by atoms with Crippen molar-refractivity contribution in [3.05, 3.63) is 54.3 Å². The van der Waals surface area contributed by atoms with E-state index in [2.05, 4.69) is 63.4 Å². The van der Waals surface area contributed by atoms with E-state index in [1.54, 1.807) is 6.20 Å². The lowest BCUT2D eigenvalue weighted by atomic mass is 9.96. The molecular weight excluding hydrogens is 490 g/mol. The Balaban J connectivity index is 1.18. The van der Waals surface area contributed by atoms with Crippen molar-refractivity contribution in [3.8, 4) is 0 Å². The third-order valence-corrected chi connectivity index (χ3v) is 8.13. The van der Waals surface area contributed by atoms with Crippen molar-refractivity contribution in [1.82, 2.24) is 15.7 Å². The minimum absolute atomic E-state index is 0.362. The van der Waals surface area contributed by atoms with Crippen LogP contribution in [-0.2, 0) is 14.4 Å². The first-order valence-corrected chi connectivity index (χ1v) is 14.8. The summed E-state index contributed by atoms with van der Waals surface area (Å²) in [6.45, 7) is 15.0. The average molecular weight is 538 g/mol. The first-order valence-electron chi connectivity index (χ1n) is 14.8. The molecular formula is C31H47N5O3. The van der Waals surface area contributed by atoms with Gasteiger partial charge in [-0.3, -0.25) is 4.79 Å². The van der Waals surface area contributed by atoms with Gasteiger partial charge >= 0.3 is 0 Å². The highest BCUT2D eigenvalue weighted by molar-refractivity contribution is 5.95. The lowest BCUT2D eigenvalue weighted by molar-refractivity contribution is -0.198. The molecule has 8 nitrogen and oxygen atoms in total. The lowest BCUT2D eigenvalue weighted by Crippen LogP contribution is -2.40. The number of hydroxylamine groups is 1. The summed E-state index contributed by atoms with van der Waals surface area (Å²) in [5, 5.41) is 3.79. The Morgan fingerprint density at radius 1 is 1.21 bits per heavy atom. The molecule has 214 valence electrons. The molecule has 39 heavy (non-hydrogen) atoms. The normalized spacial score (nSPS) is 22.6. The monoisotopic (exact) mass is 537 g/mol. The molecule has 1 amide bonds. The number of carbonyl (C=O) groups excluding carboxylic acids is 1. The molecule has 3 aliphatic heterocycles. The van der Waals surface area contributed by atoms with Gasteiger partial charge < -0.3 is 19.9 Å². The van der Waals surface area contributed by atoms with Gasteiger partial charge in [0, 0.05) is 63.6 Å². The van der Waals surface area contributed by atoms with E-state index in [1.165, 1.54) is 30.2 Å². The minimum atomic E-state index is -0.385. The van der Waals surface area contributed by atoms with Crippen LogP contribution in [0.15, 0.2) is 53.7 Å². The minimum Gasteiger partial charge on any atom is -0.371 e. The largest absolute Gasteiger partial charge is 0.371 e. The number of rotatable bonds is 12. The SMILES string of the molecule is C=C/C(=C\N=C(/C)N1CCC(CNCC2CN(CCCC)c3ccccc32)CC1)C(=O)NOC1CCCCO1. The first kappa shape index (κ1) is 29.3. The summed E-state index contributed by atoms with van der Waals surface area (Å²) in [6, 6.07) is 8.93. The maximum Gasteiger partial charge on any atom is 0.276 e. The number of carbonyl (C=O) groups is 1. The molecule has 2 saturated heterocycles. The van der Waals surface area contributed by atoms with Crippen LogP contribution in [-0.4, -0.2) is 68.8 Å². The van der Waals surface area contributed by atoms with Crippen LogP contribution in [0, 0.1) is 5.92 Å². The second-order valence-corrected chi connectivity index (χ2v) is 11.0. The fourth-order valence-electron chi connectivity index (χ4n) is 5.67. The lowest BCUT2D eigenvalue weighted by Gasteiger charge is -2.33. The number of benzene rings is 1. The maximum atomic E-state index is 12.5. The molecule has 3 aliphatic rings. The summed E-state index contributed by atoms with van der Waals surface area (Å²) in [6.07, 6.45) is 10.3. The molecule has 2 fully saturated rings. The Morgan fingerprint density at radius 2 is 2.03 bits per heavy atom. The van der Waals surface area contributed by atoms with Gasteiger partial charge in [-0.2, -0.15) is 0 Å². The molecule has 2 atom stereocenters. The van der Waals surface area contributed by atoms with E-state index in [9.17, 15) is 4.79 Å². The van der Waals surface area contributed by atoms with Crippen molar-refractivity contribution in [2.45, 2.75) is 71.0 Å². The smallest absolute Gasteiger partial charge is 0.276 e. The highest BCUT2D eigenvalue weighted by Gasteiger charge is 2.28. The number of likely N-dealkylation sites (tertiary alicyclic amines) is 1. The molecule has 0 radical (unpaired) electrons. The second kappa shape index (κ2) is 15.2. The molecule has 0 saturated carbocycles. The van der Waals surface area contributed by atoms with Gasteiger partial charge in [-0.1, -0.05) is 44.2 Å². The number of nitrogens with zero attached hydrogens (tertiary/aromatic N) is 3. The Morgan fingerprint density at radius 3 is 2.77 bits per heavy atom. The standard InChI is InChI=1S/C31H47N5O3/c1-4-6-16-36-23-27(28-11-7-8-12-29(28)36)21-32-20-25-14-17-35(18-15-25)24(3)33-22-26(5-2)31(37)34-39-30-13-9-10-19-38-30/h5,7-8,11-12,22,25,27,30,32H,2,4,6,9-10,13-21,23H2,1,3H3,(H,34,37)/b26-22+,33-24+. The molecule has 3 heterocycles. The topological polar surface area (TPSA) is 78.4 Å². The fraction of sp³-hybridized carbons (Fsp3) is 0.613. The zero-order valence-corrected chi connectivity index (χ0v) is 23.9. The number of para-hydroxylation sites is 1. The molecule has 0 aromatic heterocycles. The molecule has 2 N–H and O–H groups in total. The molecule has 1 aromatic carbocycles. The number of aliphatic imine (C=N–C) groups is 1. The molecule has 4 rings (SSSR count). The summed E-state index contributed by atoms with van der Waals surface area (Å²) in [4.78, 5) is 27.3. The highest BCUT2D eigenvalue weighted by atomic mass is 16.8. The summed E-state index contributed by atoms with van der Waals surface area (Å²) in [5.74, 6) is 1.79. The molecule has 0 bridgehead atoms. The first-order chi connectivity index (χ1) is 19.1. The third kappa shape index (κ3) is 8.40. The van der Waals surface area contributed by atoms with Crippen molar-refractivity contribution >= 4 is 17.4 Å². The van der Waals surface area contributed by atoms with E-state index in [4.69, 9.17) is 9.57 Å². The van der Waals surface area contributed by atoms with Gasteiger partial charge in [0.05, 0.1) is 5.57 Å². The van der Waals surface area contributed by atoms with Crippen molar-refractivity contribution < 1.29 is 14.4 Å². The predicted molar refractivity (Wildman–Crippen MR) is 158 cm³/mol. The number of amidine groups is 1. The fourth-order valence-corrected chi connectivity index (χ4v) is 5.67. The van der Waals surface area contributed by atoms with Gasteiger partial charge in [-0.15, -0.1) is 0 Å². The Bertz CT molecular complexity index is 996. The second-order valence-electron chi connectivity index (χ2n) is 11.0. The summed E-state index contributed by atoms with van der Waals surface area (Å²) < 4.78 is 5.49. The van der Waals surface area contributed by atoms with E-state index in [0.717, 1.165) is 77.2 Å². The molecule has 0 spiro atoms. The highest BCUT2D eigenvalue weighted by Crippen LogP contribution is 2.35. The molecule has 2 unspecified atom stereocenters. The Kier molecular flexibility index (Phi) is 11.4. The molecule has 0 aliphatic carbocycles. The number of amides is 1. The van der Waals surface area contributed by atoms with E-state index in [-0.39, 0.29) is 12.2 Å². The number of hydrogen-bond donors (Lipinski definition) is 2. The third-order valence-electron chi connectivity index (χ3n) is 8.13. The molecule has 8 heteroatoms. The van der Waals surface area contributed by atoms with E-state index in [0.29, 0.717) is 24.0 Å². The summed E-state index contributed by atoms with van der Waals surface area (Å²) in [5.41, 5.74) is 5.77. The van der Waals surface area contributed by atoms with Crippen molar-refractivity contribution in [2.24, 2.45) is 10.9 Å². The summed E-state index contributed by atoms with van der Waals surface area (Å²) in [7, 11) is 0. The van der Waals surface area contributed by atoms with Gasteiger partial charge in [0.15, 0.2) is 6.29 Å². The van der Waals surface area contributed by atoms with E-state index in [1.807, 2.05) is 6.92 Å². The zero-order valence-electron chi connectivity index (χ0n) is 23.9. The number of nitrogens with one attached hydrogen (secondary N) is 2. The van der Waals surface area contributed by atoms with Crippen molar-refractivity contribution in [1.29, 1.82) is 0 Å². The number of unbranched alkanes of at least 4 members (excludes halogenated alkanes) is 1. The maximum absolute atomic E-state index is 12.5. The zero-order chi connectivity index (χ0) is 27.5. The molecule has 1 aromatic rings. The van der Waals surface area contributed by atoms with E-state index < -0.39 is 0 Å². The van der Waals surface area contributed by atoms with Crippen LogP contribution in [0.25, 0.3) is 0 Å². The van der Waals surface area contributed by atoms with Crippen LogP contribution in [0.3, 0.4) is 0 Å². The quantitative estimate of drug-likeness (QED) is 0.132. The van der Waals surface area contributed by atoms with E-state index >= 15 is 0 Å². The van der Waals surface area contributed by atoms with Gasteiger partial charge in [0.2, 0.25) is 0 Å². The van der Waals surface area contributed by atoms with Crippen LogP contribution in [0.1, 0.15) is 70.3 Å². The summed E-state index contributed by atoms with van der Waals surface area (Å²) >= 11 is 0. The van der Waals surface area contributed by atoms with Crippen molar-refractivity contribution in [2.75, 3.05) is 50.8 Å². The predicted octanol–water partition coefficient (Wildman–Crippen LogP) is 4.75. The van der Waals surface area contributed by atoms with Crippen LogP contribution >= 0.6 is 0 Å². The average Bonchev–Trinajstić information content (AvgIpc) is 3.33. The Labute approximate surface area is 234 Å². The number of fused-ring (bicyclic) bond motifs is 1.